The lowest BCUT2D eigenvalue weighted by molar-refractivity contribution is 0.100. The number of sulfonamides is 1. The van der Waals surface area contributed by atoms with Gasteiger partial charge >= 0.3 is 0 Å². The van der Waals surface area contributed by atoms with E-state index in [4.69, 9.17) is 4.74 Å². The number of nitrogens with one attached hydrogen (secondary N) is 1. The van der Waals surface area contributed by atoms with Gasteiger partial charge in [-0.1, -0.05) is 0 Å². The van der Waals surface area contributed by atoms with Gasteiger partial charge in [0, 0.05) is 13.7 Å². The molecule has 0 aromatic carbocycles. The van der Waals surface area contributed by atoms with Crippen LogP contribution in [0.25, 0.3) is 0 Å². The first-order valence-electron chi connectivity index (χ1n) is 3.64. The lowest BCUT2D eigenvalue weighted by atomic mass is 10.2. The average molecular weight is 179 g/mol. The van der Waals surface area contributed by atoms with Crippen molar-refractivity contribution in [1.82, 2.24) is 4.72 Å². The zero-order valence-corrected chi connectivity index (χ0v) is 7.36. The van der Waals surface area contributed by atoms with E-state index in [9.17, 15) is 8.42 Å². The van der Waals surface area contributed by atoms with Crippen LogP contribution >= 0.6 is 0 Å². The van der Waals surface area contributed by atoms with Gasteiger partial charge in [0.2, 0.25) is 10.0 Å². The zero-order valence-electron chi connectivity index (χ0n) is 6.54. The number of hydrogen-bond acceptors (Lipinski definition) is 3. The Hall–Kier alpha value is -0.130. The predicted octanol–water partition coefficient (Wildman–Crippen LogP) is -0.285. The summed E-state index contributed by atoms with van der Waals surface area (Å²) in [5.74, 6) is 0.229. The Kier molecular flexibility index (Phi) is 2.86. The Labute approximate surface area is 67.0 Å². The van der Waals surface area contributed by atoms with E-state index in [0.29, 0.717) is 13.0 Å². The molecule has 1 unspecified atom stereocenters. The maximum Gasteiger partial charge on any atom is 0.211 e. The van der Waals surface area contributed by atoms with E-state index in [-0.39, 0.29) is 11.9 Å². The van der Waals surface area contributed by atoms with Gasteiger partial charge in [0.05, 0.1) is 11.9 Å². The zero-order chi connectivity index (χ0) is 8.32. The molecule has 0 aliphatic carbocycles. The smallest absolute Gasteiger partial charge is 0.211 e. The van der Waals surface area contributed by atoms with Crippen molar-refractivity contribution >= 4 is 10.0 Å². The molecule has 1 atom stereocenters. The van der Waals surface area contributed by atoms with Crippen LogP contribution < -0.4 is 4.72 Å². The van der Waals surface area contributed by atoms with E-state index in [1.165, 1.54) is 0 Å². The molecule has 1 rings (SSSR count). The molecule has 4 nitrogen and oxygen atoms in total. The summed E-state index contributed by atoms with van der Waals surface area (Å²) in [5, 5.41) is 0. The van der Waals surface area contributed by atoms with Crippen molar-refractivity contribution in [2.75, 3.05) is 19.4 Å². The molecule has 0 aromatic heterocycles. The highest BCUT2D eigenvalue weighted by molar-refractivity contribution is 7.89. The SMILES string of the molecule is COC1CCCS(=O)(=O)NC1. The third-order valence-corrected chi connectivity index (χ3v) is 3.24. The second-order valence-corrected chi connectivity index (χ2v) is 4.59. The van der Waals surface area contributed by atoms with Gasteiger partial charge in [0.25, 0.3) is 0 Å². The molecule has 1 aliphatic rings. The van der Waals surface area contributed by atoms with E-state index in [2.05, 4.69) is 4.72 Å². The van der Waals surface area contributed by atoms with Crippen molar-refractivity contribution in [3.05, 3.63) is 0 Å². The normalized spacial score (nSPS) is 31.2. The van der Waals surface area contributed by atoms with Crippen LogP contribution in [0.4, 0.5) is 0 Å². The minimum absolute atomic E-state index is 0.0484. The van der Waals surface area contributed by atoms with E-state index < -0.39 is 10.0 Å². The van der Waals surface area contributed by atoms with Crippen molar-refractivity contribution in [1.29, 1.82) is 0 Å². The topological polar surface area (TPSA) is 55.4 Å². The standard InChI is InChI=1S/C6H13NO3S/c1-10-6-3-2-4-11(8,9)7-5-6/h6-7H,2-5H2,1H3. The third-order valence-electron chi connectivity index (χ3n) is 1.80. The van der Waals surface area contributed by atoms with Gasteiger partial charge in [-0.2, -0.15) is 0 Å². The molecule has 0 spiro atoms. The second-order valence-electron chi connectivity index (χ2n) is 2.67. The summed E-state index contributed by atoms with van der Waals surface area (Å²) < 4.78 is 29.4. The van der Waals surface area contributed by atoms with Crippen molar-refractivity contribution < 1.29 is 13.2 Å². The minimum atomic E-state index is -2.99. The first-order valence-corrected chi connectivity index (χ1v) is 5.29. The van der Waals surface area contributed by atoms with Crippen molar-refractivity contribution in [2.45, 2.75) is 18.9 Å². The Bertz CT molecular complexity index is 212. The van der Waals surface area contributed by atoms with Crippen LogP contribution in [0, 0.1) is 0 Å². The Morgan fingerprint density at radius 1 is 1.55 bits per heavy atom. The summed E-state index contributed by atoms with van der Waals surface area (Å²) in [7, 11) is -1.39. The maximum atomic E-state index is 11.0. The van der Waals surface area contributed by atoms with Crippen molar-refractivity contribution in [3.63, 3.8) is 0 Å². The molecule has 0 bridgehead atoms. The molecule has 1 aliphatic heterocycles. The van der Waals surface area contributed by atoms with Crippen LogP contribution in [0.15, 0.2) is 0 Å². The summed E-state index contributed by atoms with van der Waals surface area (Å²) in [6.45, 7) is 0.416. The molecule has 11 heavy (non-hydrogen) atoms. The Morgan fingerprint density at radius 2 is 2.27 bits per heavy atom. The summed E-state index contributed by atoms with van der Waals surface area (Å²) in [4.78, 5) is 0. The summed E-state index contributed by atoms with van der Waals surface area (Å²) >= 11 is 0. The van der Waals surface area contributed by atoms with Gasteiger partial charge in [0.1, 0.15) is 0 Å². The number of rotatable bonds is 1. The van der Waals surface area contributed by atoms with Crippen LogP contribution in [-0.2, 0) is 14.8 Å². The number of hydrogen-bond donors (Lipinski definition) is 1. The Morgan fingerprint density at radius 3 is 2.91 bits per heavy atom. The van der Waals surface area contributed by atoms with Crippen LogP contribution in [-0.4, -0.2) is 33.9 Å². The van der Waals surface area contributed by atoms with E-state index in [0.717, 1.165) is 6.42 Å². The lowest BCUT2D eigenvalue weighted by Gasteiger charge is -2.09. The number of methoxy groups -OCH3 is 1. The van der Waals surface area contributed by atoms with Gasteiger partial charge in [-0.05, 0) is 12.8 Å². The first-order chi connectivity index (χ1) is 5.14. The predicted molar refractivity (Wildman–Crippen MR) is 41.8 cm³/mol. The van der Waals surface area contributed by atoms with Crippen LogP contribution in [0.2, 0.25) is 0 Å². The highest BCUT2D eigenvalue weighted by atomic mass is 32.2. The molecular formula is C6H13NO3S. The highest BCUT2D eigenvalue weighted by Crippen LogP contribution is 2.06. The molecule has 0 radical (unpaired) electrons. The molecule has 66 valence electrons. The van der Waals surface area contributed by atoms with Crippen molar-refractivity contribution in [2.24, 2.45) is 0 Å². The van der Waals surface area contributed by atoms with Crippen LogP contribution in [0.3, 0.4) is 0 Å². The molecule has 1 heterocycles. The molecule has 1 fully saturated rings. The van der Waals surface area contributed by atoms with Gasteiger partial charge in [0.15, 0.2) is 0 Å². The van der Waals surface area contributed by atoms with E-state index >= 15 is 0 Å². The van der Waals surface area contributed by atoms with Gasteiger partial charge in [-0.25, -0.2) is 13.1 Å². The van der Waals surface area contributed by atoms with E-state index in [1.807, 2.05) is 0 Å². The molecular weight excluding hydrogens is 166 g/mol. The molecule has 1 N–H and O–H groups in total. The minimum Gasteiger partial charge on any atom is -0.380 e. The molecule has 5 heteroatoms. The van der Waals surface area contributed by atoms with Gasteiger partial charge in [-0.15, -0.1) is 0 Å². The van der Waals surface area contributed by atoms with Crippen LogP contribution in [0.1, 0.15) is 12.8 Å². The fraction of sp³-hybridized carbons (Fsp3) is 1.00. The fourth-order valence-corrected chi connectivity index (χ4v) is 2.23. The molecule has 0 saturated carbocycles. The summed E-state index contributed by atoms with van der Waals surface area (Å²) in [6.07, 6.45) is 1.56. The van der Waals surface area contributed by atoms with Gasteiger partial charge in [-0.3, -0.25) is 0 Å². The van der Waals surface area contributed by atoms with Crippen LogP contribution in [0.5, 0.6) is 0 Å². The number of ether oxygens (including phenoxy) is 1. The Balaban J connectivity index is 2.53. The second kappa shape index (κ2) is 3.51. The summed E-state index contributed by atoms with van der Waals surface area (Å²) in [6, 6.07) is 0. The molecule has 1 saturated heterocycles. The highest BCUT2D eigenvalue weighted by Gasteiger charge is 2.19. The molecule has 0 aromatic rings. The largest absolute Gasteiger partial charge is 0.380 e. The van der Waals surface area contributed by atoms with Crippen molar-refractivity contribution in [3.8, 4) is 0 Å². The monoisotopic (exact) mass is 179 g/mol. The third kappa shape index (κ3) is 2.76. The van der Waals surface area contributed by atoms with Gasteiger partial charge < -0.3 is 4.74 Å². The lowest BCUT2D eigenvalue weighted by Crippen LogP contribution is -2.30. The average Bonchev–Trinajstić information content (AvgIpc) is 2.10. The first kappa shape index (κ1) is 8.96. The summed E-state index contributed by atoms with van der Waals surface area (Å²) in [5.41, 5.74) is 0. The fourth-order valence-electron chi connectivity index (χ4n) is 1.10. The van der Waals surface area contributed by atoms with E-state index in [1.54, 1.807) is 7.11 Å². The maximum absolute atomic E-state index is 11.0. The molecule has 0 amide bonds. The quantitative estimate of drug-likeness (QED) is 0.602.